The lowest BCUT2D eigenvalue weighted by atomic mass is 9.68. The maximum Gasteiger partial charge on any atom is 0.201 e. The maximum absolute atomic E-state index is 15.3. The number of hydrogen-bond donors (Lipinski definition) is 1. The Hall–Kier alpha value is -1.97. The fourth-order valence-corrected chi connectivity index (χ4v) is 6.04. The van der Waals surface area contributed by atoms with Crippen LogP contribution in [0.2, 0.25) is 0 Å². The van der Waals surface area contributed by atoms with Crippen LogP contribution < -0.4 is 0 Å². The van der Waals surface area contributed by atoms with Gasteiger partial charge < -0.3 is 5.11 Å². The van der Waals surface area contributed by atoms with Gasteiger partial charge in [0, 0.05) is 11.1 Å². The van der Waals surface area contributed by atoms with E-state index in [0.717, 1.165) is 43.4 Å². The molecule has 3 aliphatic carbocycles. The second-order valence-electron chi connectivity index (χ2n) is 9.47. The fourth-order valence-electron chi connectivity index (χ4n) is 6.04. The Bertz CT molecular complexity index is 951. The molecule has 1 N–H and O–H groups in total. The van der Waals surface area contributed by atoms with Crippen LogP contribution in [-0.2, 0) is 0 Å². The van der Waals surface area contributed by atoms with Crippen molar-refractivity contribution >= 4 is 0 Å². The fraction of sp³-hybridized carbons (Fsp3) is 0.520. The van der Waals surface area contributed by atoms with Crippen LogP contribution in [0.15, 0.2) is 18.2 Å². The van der Waals surface area contributed by atoms with Crippen molar-refractivity contribution in [3.8, 4) is 28.0 Å². The van der Waals surface area contributed by atoms with Gasteiger partial charge in [-0.2, -0.15) is 4.39 Å². The van der Waals surface area contributed by atoms with Crippen LogP contribution in [0.25, 0.3) is 22.3 Å². The molecule has 1 nitrogen and oxygen atoms in total. The minimum atomic E-state index is -1.30. The van der Waals surface area contributed by atoms with E-state index in [4.69, 9.17) is 0 Å². The molecule has 0 unspecified atom stereocenters. The zero-order chi connectivity index (χ0) is 20.3. The van der Waals surface area contributed by atoms with Crippen LogP contribution in [0.1, 0.15) is 69.8 Å². The summed E-state index contributed by atoms with van der Waals surface area (Å²) < 4.78 is 43.4. The van der Waals surface area contributed by atoms with Gasteiger partial charge in [0.05, 0.1) is 0 Å². The van der Waals surface area contributed by atoms with Gasteiger partial charge in [0.2, 0.25) is 5.82 Å². The van der Waals surface area contributed by atoms with Gasteiger partial charge >= 0.3 is 0 Å². The molecule has 0 bridgehead atoms. The molecule has 4 heteroatoms. The topological polar surface area (TPSA) is 20.2 Å². The quantitative estimate of drug-likeness (QED) is 0.471. The first-order chi connectivity index (χ1) is 14.0. The van der Waals surface area contributed by atoms with E-state index < -0.39 is 23.2 Å². The number of phenolic OH excluding ortho intramolecular Hbond substituents is 1. The lowest BCUT2D eigenvalue weighted by molar-refractivity contribution is 0.164. The van der Waals surface area contributed by atoms with Gasteiger partial charge in [-0.3, -0.25) is 0 Å². The first-order valence-corrected chi connectivity index (χ1v) is 11.0. The molecule has 0 spiro atoms. The minimum Gasteiger partial charge on any atom is -0.505 e. The molecule has 0 atom stereocenters. The van der Waals surface area contributed by atoms with Crippen molar-refractivity contribution in [1.82, 2.24) is 0 Å². The Morgan fingerprint density at radius 2 is 1.31 bits per heavy atom. The van der Waals surface area contributed by atoms with Gasteiger partial charge in [-0.25, -0.2) is 8.78 Å². The lowest BCUT2D eigenvalue weighted by Crippen LogP contribution is -2.25. The highest BCUT2D eigenvalue weighted by Gasteiger charge is 2.36. The second-order valence-corrected chi connectivity index (χ2v) is 9.47. The largest absolute Gasteiger partial charge is 0.505 e. The molecule has 3 aliphatic rings. The van der Waals surface area contributed by atoms with Gasteiger partial charge in [-0.05, 0) is 85.0 Å². The van der Waals surface area contributed by atoms with E-state index in [1.165, 1.54) is 31.7 Å². The Labute approximate surface area is 170 Å². The second kappa shape index (κ2) is 7.07. The average Bonchev–Trinajstić information content (AvgIpc) is 2.72. The van der Waals surface area contributed by atoms with Crippen molar-refractivity contribution in [3.05, 3.63) is 41.2 Å². The summed E-state index contributed by atoms with van der Waals surface area (Å²) in [6.45, 7) is 2.34. The number of fused-ring (bicyclic) bond motifs is 4. The molecule has 0 heterocycles. The molecule has 0 saturated heterocycles. The predicted molar refractivity (Wildman–Crippen MR) is 108 cm³/mol. The first kappa shape index (κ1) is 19.0. The van der Waals surface area contributed by atoms with Gasteiger partial charge in [0.1, 0.15) is 5.82 Å². The normalized spacial score (nSPS) is 28.4. The minimum absolute atomic E-state index is 0.0281. The summed E-state index contributed by atoms with van der Waals surface area (Å²) in [5.41, 5.74) is 1.73. The van der Waals surface area contributed by atoms with Crippen LogP contribution >= 0.6 is 0 Å². The lowest BCUT2D eigenvalue weighted by Gasteiger charge is -2.38. The summed E-state index contributed by atoms with van der Waals surface area (Å²) in [6.07, 6.45) is 9.53. The van der Waals surface area contributed by atoms with Gasteiger partial charge in [-0.1, -0.05) is 31.9 Å². The Balaban J connectivity index is 1.35. The molecule has 29 heavy (non-hydrogen) atoms. The SMILES string of the molecule is CC1CCC(C2CCC(c3ccc4c(c3F)-c3c-4cc(O)c(F)c3F)CC2)CC1. The smallest absolute Gasteiger partial charge is 0.201 e. The van der Waals surface area contributed by atoms with Crippen LogP contribution in [-0.4, -0.2) is 5.11 Å². The van der Waals surface area contributed by atoms with Crippen molar-refractivity contribution < 1.29 is 18.3 Å². The third-order valence-corrected chi connectivity index (χ3v) is 7.84. The number of aromatic hydroxyl groups is 1. The summed E-state index contributed by atoms with van der Waals surface area (Å²) in [5, 5.41) is 9.53. The molecule has 154 valence electrons. The van der Waals surface area contributed by atoms with Crippen molar-refractivity contribution in [3.63, 3.8) is 0 Å². The zero-order valence-corrected chi connectivity index (χ0v) is 16.8. The van der Waals surface area contributed by atoms with Crippen LogP contribution in [0.5, 0.6) is 5.75 Å². The van der Waals surface area contributed by atoms with Crippen LogP contribution in [0.4, 0.5) is 13.2 Å². The predicted octanol–water partition coefficient (Wildman–Crippen LogP) is 7.56. The van der Waals surface area contributed by atoms with Gasteiger partial charge in [0.15, 0.2) is 11.6 Å². The highest BCUT2D eigenvalue weighted by atomic mass is 19.2. The molecule has 0 radical (unpaired) electrons. The van der Waals surface area contributed by atoms with E-state index in [0.29, 0.717) is 16.7 Å². The maximum atomic E-state index is 15.3. The molecule has 0 aromatic heterocycles. The zero-order valence-electron chi connectivity index (χ0n) is 16.8. The van der Waals surface area contributed by atoms with E-state index in [1.807, 2.05) is 6.07 Å². The van der Waals surface area contributed by atoms with E-state index >= 15 is 4.39 Å². The monoisotopic (exact) mass is 400 g/mol. The average molecular weight is 400 g/mol. The van der Waals surface area contributed by atoms with Gasteiger partial charge in [0.25, 0.3) is 0 Å². The third kappa shape index (κ3) is 2.98. The Morgan fingerprint density at radius 3 is 1.97 bits per heavy atom. The van der Waals surface area contributed by atoms with E-state index in [2.05, 4.69) is 6.92 Å². The van der Waals surface area contributed by atoms with Crippen LogP contribution in [0.3, 0.4) is 0 Å². The summed E-state index contributed by atoms with van der Waals surface area (Å²) in [5.74, 6) is -1.02. The molecule has 2 aromatic carbocycles. The molecular formula is C25H27F3O. The molecular weight excluding hydrogens is 373 g/mol. The number of hydrogen-bond acceptors (Lipinski definition) is 1. The standard InChI is InChI=1S/C25H27F3O/c1-13-2-4-14(5-3-13)15-6-8-16(9-7-15)17-10-11-18-19-12-20(29)24(27)25(28)22(19)21(18)23(17)26/h10-16,29H,2-9H2,1H3. The number of halogens is 3. The van der Waals surface area contributed by atoms with Crippen molar-refractivity contribution in [2.24, 2.45) is 17.8 Å². The molecule has 0 amide bonds. The Morgan fingerprint density at radius 1 is 0.724 bits per heavy atom. The number of phenols is 1. The molecule has 2 aromatic rings. The number of benzene rings is 2. The highest BCUT2D eigenvalue weighted by Crippen LogP contribution is 2.54. The van der Waals surface area contributed by atoms with E-state index in [1.54, 1.807) is 6.07 Å². The molecule has 2 fully saturated rings. The summed E-state index contributed by atoms with van der Waals surface area (Å²) in [4.78, 5) is 0. The van der Waals surface area contributed by atoms with E-state index in [9.17, 15) is 13.9 Å². The molecule has 5 rings (SSSR count). The Kier molecular flexibility index (Phi) is 4.64. The summed E-state index contributed by atoms with van der Waals surface area (Å²) >= 11 is 0. The molecule has 0 aliphatic heterocycles. The summed E-state index contributed by atoms with van der Waals surface area (Å²) in [7, 11) is 0. The first-order valence-electron chi connectivity index (χ1n) is 11.0. The van der Waals surface area contributed by atoms with Gasteiger partial charge in [-0.15, -0.1) is 0 Å². The highest BCUT2D eigenvalue weighted by molar-refractivity contribution is 6.03. The van der Waals surface area contributed by atoms with Crippen LogP contribution in [0, 0.1) is 35.2 Å². The molecule has 2 saturated carbocycles. The van der Waals surface area contributed by atoms with Crippen molar-refractivity contribution in [1.29, 1.82) is 0 Å². The number of rotatable bonds is 2. The summed E-state index contributed by atoms with van der Waals surface area (Å²) in [6, 6.07) is 4.79. The van der Waals surface area contributed by atoms with Crippen molar-refractivity contribution in [2.45, 2.75) is 64.2 Å². The van der Waals surface area contributed by atoms with Crippen molar-refractivity contribution in [2.75, 3.05) is 0 Å². The third-order valence-electron chi connectivity index (χ3n) is 7.84. The van der Waals surface area contributed by atoms with E-state index in [-0.39, 0.29) is 17.0 Å².